The Labute approximate surface area is 301 Å². The first-order valence-electron chi connectivity index (χ1n) is 17.8. The van der Waals surface area contributed by atoms with E-state index in [0.29, 0.717) is 55.3 Å². The number of hydrogen-bond acceptors (Lipinski definition) is 11. The molecule has 0 spiro atoms. The molecule has 1 saturated heterocycles. The molecule has 11 nitrogen and oxygen atoms in total. The minimum absolute atomic E-state index is 0.148. The molecule has 1 heterocycles. The van der Waals surface area contributed by atoms with Crippen molar-refractivity contribution in [2.75, 3.05) is 59.5 Å². The van der Waals surface area contributed by atoms with Crippen LogP contribution in [0.4, 0.5) is 0 Å². The zero-order valence-electron chi connectivity index (χ0n) is 30.3. The molecule has 4 rings (SSSR count). The van der Waals surface area contributed by atoms with Gasteiger partial charge in [-0.05, 0) is 81.7 Å². The second-order valence-corrected chi connectivity index (χ2v) is 13.8. The zero-order valence-corrected chi connectivity index (χ0v) is 30.3. The monoisotopic (exact) mass is 710 g/mol. The molecule has 1 fully saturated rings. The van der Waals surface area contributed by atoms with E-state index >= 15 is 0 Å². The Bertz CT molecular complexity index is 1410. The molecule has 0 saturated carbocycles. The number of esters is 2. The van der Waals surface area contributed by atoms with Gasteiger partial charge in [-0.25, -0.2) is 9.59 Å². The second-order valence-electron chi connectivity index (χ2n) is 13.8. The van der Waals surface area contributed by atoms with E-state index in [1.165, 1.54) is 0 Å². The number of carbonyl (C=O) groups excluding carboxylic acids is 2. The second kappa shape index (κ2) is 19.8. The summed E-state index contributed by atoms with van der Waals surface area (Å²) in [6.07, 6.45) is 16.0. The van der Waals surface area contributed by atoms with Gasteiger partial charge in [0.15, 0.2) is 0 Å². The molecule has 1 aromatic rings. The molecule has 3 aliphatic rings. The highest BCUT2D eigenvalue weighted by Gasteiger charge is 2.33. The van der Waals surface area contributed by atoms with Gasteiger partial charge in [0.2, 0.25) is 6.29 Å². The highest BCUT2D eigenvalue weighted by atomic mass is 16.6. The van der Waals surface area contributed by atoms with Crippen LogP contribution < -0.4 is 4.74 Å². The van der Waals surface area contributed by atoms with Crippen molar-refractivity contribution in [3.63, 3.8) is 0 Å². The van der Waals surface area contributed by atoms with Gasteiger partial charge in [-0.2, -0.15) is 0 Å². The predicted molar refractivity (Wildman–Crippen MR) is 191 cm³/mol. The van der Waals surface area contributed by atoms with Gasteiger partial charge in [0, 0.05) is 36.7 Å². The van der Waals surface area contributed by atoms with Crippen molar-refractivity contribution in [1.82, 2.24) is 0 Å². The van der Waals surface area contributed by atoms with Crippen LogP contribution in [0, 0.1) is 5.41 Å². The molecule has 0 radical (unpaired) electrons. The maximum absolute atomic E-state index is 13.0. The van der Waals surface area contributed by atoms with Crippen LogP contribution in [0.15, 0.2) is 84.7 Å². The summed E-state index contributed by atoms with van der Waals surface area (Å²) >= 11 is 0. The van der Waals surface area contributed by atoms with E-state index in [-0.39, 0.29) is 18.6 Å². The van der Waals surface area contributed by atoms with Gasteiger partial charge in [0.25, 0.3) is 0 Å². The van der Waals surface area contributed by atoms with E-state index < -0.39 is 29.4 Å². The van der Waals surface area contributed by atoms with Crippen LogP contribution in [0.25, 0.3) is 0 Å². The first-order valence-corrected chi connectivity index (χ1v) is 17.8. The lowest BCUT2D eigenvalue weighted by Crippen LogP contribution is -2.43. The minimum atomic E-state index is -1.20. The van der Waals surface area contributed by atoms with Crippen molar-refractivity contribution < 1.29 is 52.6 Å². The van der Waals surface area contributed by atoms with Gasteiger partial charge in [-0.1, -0.05) is 38.5 Å². The summed E-state index contributed by atoms with van der Waals surface area (Å²) < 4.78 is 44.7. The fourth-order valence-corrected chi connectivity index (χ4v) is 5.43. The molecule has 3 unspecified atom stereocenters. The standard InChI is InChI=1S/C40H54O11/c1-5-35(41)48-27-25-44-24-26-47-33-12-10-31(11-13-33)36(42)50-34-16-20-40(4,21-17-34)51-37(43)32-14-18-39(3,19-15-32)49-23-9-7-6-8-22-45-28-38(2)29-46-30-38/h5,10-18,20,36,42H,1,6-9,19,21-30H2,2-4H3. The summed E-state index contributed by atoms with van der Waals surface area (Å²) in [5.74, 6) is 0.189. The van der Waals surface area contributed by atoms with Crippen molar-refractivity contribution >= 4 is 11.9 Å². The van der Waals surface area contributed by atoms with E-state index in [2.05, 4.69) is 13.5 Å². The lowest BCUT2D eigenvalue weighted by atomic mass is 9.90. The average Bonchev–Trinajstić information content (AvgIpc) is 3.11. The predicted octanol–water partition coefficient (Wildman–Crippen LogP) is 6.24. The average molecular weight is 711 g/mol. The van der Waals surface area contributed by atoms with Crippen LogP contribution in [0.3, 0.4) is 0 Å². The van der Waals surface area contributed by atoms with Crippen LogP contribution in [-0.2, 0) is 42.7 Å². The number of benzene rings is 1. The van der Waals surface area contributed by atoms with Crippen LogP contribution in [-0.4, -0.2) is 87.7 Å². The molecule has 1 aliphatic heterocycles. The Morgan fingerprint density at radius 2 is 1.57 bits per heavy atom. The minimum Gasteiger partial charge on any atom is -0.491 e. The first kappa shape index (κ1) is 40.0. The lowest BCUT2D eigenvalue weighted by molar-refractivity contribution is -0.148. The van der Waals surface area contributed by atoms with Crippen LogP contribution in [0.5, 0.6) is 5.75 Å². The molecule has 280 valence electrons. The number of carbonyl (C=O) groups is 2. The lowest BCUT2D eigenvalue weighted by Gasteiger charge is -2.37. The largest absolute Gasteiger partial charge is 0.491 e. The summed E-state index contributed by atoms with van der Waals surface area (Å²) in [7, 11) is 0. The zero-order chi connectivity index (χ0) is 36.6. The molecule has 3 atom stereocenters. The summed E-state index contributed by atoms with van der Waals surface area (Å²) in [4.78, 5) is 24.0. The van der Waals surface area contributed by atoms with E-state index in [1.807, 2.05) is 26.0 Å². The van der Waals surface area contributed by atoms with E-state index in [4.69, 9.17) is 37.9 Å². The van der Waals surface area contributed by atoms with Gasteiger partial charge >= 0.3 is 11.9 Å². The number of allylic oxidation sites excluding steroid dienone is 1. The summed E-state index contributed by atoms with van der Waals surface area (Å²) in [6, 6.07) is 6.88. The van der Waals surface area contributed by atoms with Gasteiger partial charge in [-0.15, -0.1) is 0 Å². The number of ether oxygens (including phenoxy) is 8. The molecule has 51 heavy (non-hydrogen) atoms. The van der Waals surface area contributed by atoms with Gasteiger partial charge < -0.3 is 43.0 Å². The molecular weight excluding hydrogens is 656 g/mol. The summed E-state index contributed by atoms with van der Waals surface area (Å²) in [5, 5.41) is 10.6. The number of aliphatic hydroxyl groups is 1. The third-order valence-corrected chi connectivity index (χ3v) is 8.73. The normalized spacial score (nSPS) is 22.6. The number of hydrogen-bond donors (Lipinski definition) is 1. The summed E-state index contributed by atoms with van der Waals surface area (Å²) in [5.41, 5.74) is -0.0499. The maximum atomic E-state index is 13.0. The molecule has 2 aliphatic carbocycles. The molecule has 1 aromatic carbocycles. The Morgan fingerprint density at radius 3 is 2.22 bits per heavy atom. The SMILES string of the molecule is C=CC(=O)OCCOCCOc1ccc(C(O)OC2=CCC(C)(OC(=O)C3=CCC(C)(OCCCCCCOCC4(C)COC4)C=C3)C=C2)cc1. The molecular formula is C40H54O11. The van der Waals surface area contributed by atoms with E-state index in [0.717, 1.165) is 58.2 Å². The number of unbranched alkanes of at least 4 members (excludes halogenated alkanes) is 3. The van der Waals surface area contributed by atoms with Crippen LogP contribution >= 0.6 is 0 Å². The topological polar surface area (TPSA) is 128 Å². The highest BCUT2D eigenvalue weighted by Crippen LogP contribution is 2.31. The van der Waals surface area contributed by atoms with Crippen LogP contribution in [0.1, 0.15) is 71.1 Å². The smallest absolute Gasteiger partial charge is 0.338 e. The van der Waals surface area contributed by atoms with Crippen molar-refractivity contribution in [3.05, 3.63) is 90.3 Å². The third kappa shape index (κ3) is 13.7. The quantitative estimate of drug-likeness (QED) is 0.0600. The molecule has 11 heteroatoms. The van der Waals surface area contributed by atoms with Crippen molar-refractivity contribution in [2.24, 2.45) is 5.41 Å². The first-order chi connectivity index (χ1) is 24.5. The fraction of sp³-hybridized carbons (Fsp3) is 0.550. The van der Waals surface area contributed by atoms with Crippen molar-refractivity contribution in [1.29, 1.82) is 0 Å². The van der Waals surface area contributed by atoms with E-state index in [9.17, 15) is 14.7 Å². The summed E-state index contributed by atoms with van der Waals surface area (Å²) in [6.45, 7) is 14.2. The van der Waals surface area contributed by atoms with Gasteiger partial charge in [0.05, 0.1) is 44.2 Å². The Morgan fingerprint density at radius 1 is 0.863 bits per heavy atom. The van der Waals surface area contributed by atoms with Gasteiger partial charge in [0.1, 0.15) is 30.3 Å². The number of rotatable bonds is 23. The Balaban J connectivity index is 1.08. The molecule has 0 aromatic heterocycles. The van der Waals surface area contributed by atoms with Gasteiger partial charge in [-0.3, -0.25) is 0 Å². The molecule has 0 bridgehead atoms. The molecule has 0 amide bonds. The van der Waals surface area contributed by atoms with Crippen molar-refractivity contribution in [2.45, 2.75) is 76.8 Å². The maximum Gasteiger partial charge on any atom is 0.338 e. The van der Waals surface area contributed by atoms with Crippen molar-refractivity contribution in [3.8, 4) is 5.75 Å². The van der Waals surface area contributed by atoms with Crippen LogP contribution in [0.2, 0.25) is 0 Å². The van der Waals surface area contributed by atoms with E-state index in [1.54, 1.807) is 48.6 Å². The fourth-order valence-electron chi connectivity index (χ4n) is 5.43. The highest BCUT2D eigenvalue weighted by molar-refractivity contribution is 5.92. The Hall–Kier alpha value is -3.74. The number of aliphatic hydroxyl groups excluding tert-OH is 1. The Kier molecular flexibility index (Phi) is 15.5. The molecule has 1 N–H and O–H groups in total. The third-order valence-electron chi connectivity index (χ3n) is 8.73.